The SMILES string of the molecule is CN/N=C(/CCC1CCC1)c1ccccc1C=O. The summed E-state index contributed by atoms with van der Waals surface area (Å²) < 4.78 is 0. The van der Waals surface area contributed by atoms with E-state index in [-0.39, 0.29) is 0 Å². The predicted molar refractivity (Wildman–Crippen MR) is 74.0 cm³/mol. The third kappa shape index (κ3) is 2.97. The van der Waals surface area contributed by atoms with Gasteiger partial charge in [0.25, 0.3) is 0 Å². The molecular weight excluding hydrogens is 224 g/mol. The van der Waals surface area contributed by atoms with Gasteiger partial charge in [-0.2, -0.15) is 5.10 Å². The lowest BCUT2D eigenvalue weighted by atomic mass is 9.81. The van der Waals surface area contributed by atoms with Gasteiger partial charge in [-0.3, -0.25) is 4.79 Å². The number of benzene rings is 1. The number of carbonyl (C=O) groups excluding carboxylic acids is 1. The van der Waals surface area contributed by atoms with E-state index in [1.54, 1.807) is 7.05 Å². The fourth-order valence-electron chi connectivity index (χ4n) is 2.37. The van der Waals surface area contributed by atoms with Crippen LogP contribution in [0.1, 0.15) is 48.0 Å². The second-order valence-electron chi connectivity index (χ2n) is 4.82. The number of nitrogens with zero attached hydrogens (tertiary/aromatic N) is 1. The van der Waals surface area contributed by atoms with E-state index in [0.29, 0.717) is 0 Å². The van der Waals surface area contributed by atoms with Gasteiger partial charge in [-0.25, -0.2) is 0 Å². The minimum Gasteiger partial charge on any atom is -0.313 e. The van der Waals surface area contributed by atoms with Crippen LogP contribution in [-0.4, -0.2) is 19.0 Å². The van der Waals surface area contributed by atoms with Gasteiger partial charge in [0, 0.05) is 18.2 Å². The van der Waals surface area contributed by atoms with Gasteiger partial charge in [0.15, 0.2) is 6.29 Å². The Morgan fingerprint density at radius 3 is 2.83 bits per heavy atom. The second-order valence-corrected chi connectivity index (χ2v) is 4.82. The Kier molecular flexibility index (Phi) is 4.51. The van der Waals surface area contributed by atoms with Crippen molar-refractivity contribution in [3.63, 3.8) is 0 Å². The van der Waals surface area contributed by atoms with Gasteiger partial charge >= 0.3 is 0 Å². The van der Waals surface area contributed by atoms with Gasteiger partial charge in [-0.15, -0.1) is 0 Å². The van der Waals surface area contributed by atoms with E-state index >= 15 is 0 Å². The van der Waals surface area contributed by atoms with Crippen molar-refractivity contribution in [1.29, 1.82) is 0 Å². The molecule has 0 bridgehead atoms. The van der Waals surface area contributed by atoms with Crippen molar-refractivity contribution in [1.82, 2.24) is 5.43 Å². The summed E-state index contributed by atoms with van der Waals surface area (Å²) in [5, 5.41) is 4.34. The van der Waals surface area contributed by atoms with Gasteiger partial charge in [0.2, 0.25) is 0 Å². The van der Waals surface area contributed by atoms with Crippen molar-refractivity contribution in [2.24, 2.45) is 11.0 Å². The summed E-state index contributed by atoms with van der Waals surface area (Å²) in [5.41, 5.74) is 5.52. The lowest BCUT2D eigenvalue weighted by molar-refractivity contribution is 0.112. The van der Waals surface area contributed by atoms with E-state index in [0.717, 1.165) is 35.5 Å². The van der Waals surface area contributed by atoms with Gasteiger partial charge in [0.05, 0.1) is 5.71 Å². The van der Waals surface area contributed by atoms with Crippen LogP contribution < -0.4 is 5.43 Å². The molecule has 0 spiro atoms. The summed E-state index contributed by atoms with van der Waals surface area (Å²) in [7, 11) is 1.80. The van der Waals surface area contributed by atoms with Crippen molar-refractivity contribution in [2.45, 2.75) is 32.1 Å². The Morgan fingerprint density at radius 1 is 1.44 bits per heavy atom. The molecule has 1 aromatic rings. The Balaban J connectivity index is 2.12. The Labute approximate surface area is 108 Å². The zero-order valence-corrected chi connectivity index (χ0v) is 10.9. The van der Waals surface area contributed by atoms with E-state index in [9.17, 15) is 4.79 Å². The van der Waals surface area contributed by atoms with Crippen LogP contribution in [0.3, 0.4) is 0 Å². The first kappa shape index (κ1) is 12.8. The van der Waals surface area contributed by atoms with Crippen molar-refractivity contribution in [2.75, 3.05) is 7.05 Å². The normalized spacial score (nSPS) is 16.2. The summed E-state index contributed by atoms with van der Waals surface area (Å²) in [6, 6.07) is 7.66. The monoisotopic (exact) mass is 244 g/mol. The van der Waals surface area contributed by atoms with Crippen molar-refractivity contribution in [3.05, 3.63) is 35.4 Å². The van der Waals surface area contributed by atoms with Crippen LogP contribution in [0.2, 0.25) is 0 Å². The molecule has 1 aliphatic carbocycles. The molecule has 1 aliphatic rings. The van der Waals surface area contributed by atoms with Crippen LogP contribution in [0.4, 0.5) is 0 Å². The molecule has 1 aromatic carbocycles. The highest BCUT2D eigenvalue weighted by atomic mass is 16.1. The highest BCUT2D eigenvalue weighted by Crippen LogP contribution is 2.31. The molecule has 0 aromatic heterocycles. The Hall–Kier alpha value is -1.64. The van der Waals surface area contributed by atoms with E-state index in [1.165, 1.54) is 25.7 Å². The van der Waals surface area contributed by atoms with Gasteiger partial charge in [0.1, 0.15) is 0 Å². The fraction of sp³-hybridized carbons (Fsp3) is 0.467. The lowest BCUT2D eigenvalue weighted by Crippen LogP contribution is -2.15. The molecule has 2 rings (SSSR count). The highest BCUT2D eigenvalue weighted by Gasteiger charge is 2.18. The first-order valence-corrected chi connectivity index (χ1v) is 6.63. The van der Waals surface area contributed by atoms with E-state index in [2.05, 4.69) is 10.5 Å². The molecule has 0 aliphatic heterocycles. The minimum absolute atomic E-state index is 0.722. The third-order valence-corrected chi connectivity index (χ3v) is 3.66. The third-order valence-electron chi connectivity index (χ3n) is 3.66. The van der Waals surface area contributed by atoms with Crippen LogP contribution in [-0.2, 0) is 0 Å². The van der Waals surface area contributed by atoms with E-state index in [1.807, 2.05) is 24.3 Å². The molecule has 1 N–H and O–H groups in total. The maximum atomic E-state index is 11.1. The minimum atomic E-state index is 0.722. The quantitative estimate of drug-likeness (QED) is 0.475. The molecule has 0 unspecified atom stereocenters. The number of aldehydes is 1. The first-order valence-electron chi connectivity index (χ1n) is 6.63. The first-order chi connectivity index (χ1) is 8.85. The molecule has 0 radical (unpaired) electrons. The summed E-state index contributed by atoms with van der Waals surface area (Å²) in [6.45, 7) is 0. The number of rotatable bonds is 6. The smallest absolute Gasteiger partial charge is 0.150 e. The van der Waals surface area contributed by atoms with Crippen LogP contribution >= 0.6 is 0 Å². The largest absolute Gasteiger partial charge is 0.313 e. The number of hydrogen-bond donors (Lipinski definition) is 1. The summed E-state index contributed by atoms with van der Waals surface area (Å²) >= 11 is 0. The maximum absolute atomic E-state index is 11.1. The molecule has 1 saturated carbocycles. The summed E-state index contributed by atoms with van der Waals surface area (Å²) in [5.74, 6) is 0.857. The van der Waals surface area contributed by atoms with Gasteiger partial charge in [-0.05, 0) is 18.8 Å². The van der Waals surface area contributed by atoms with Gasteiger partial charge in [-0.1, -0.05) is 43.5 Å². The molecule has 1 fully saturated rings. The second kappa shape index (κ2) is 6.34. The molecule has 0 saturated heterocycles. The molecule has 3 nitrogen and oxygen atoms in total. The van der Waals surface area contributed by atoms with Crippen molar-refractivity contribution < 1.29 is 4.79 Å². The maximum Gasteiger partial charge on any atom is 0.150 e. The molecule has 0 atom stereocenters. The topological polar surface area (TPSA) is 41.5 Å². The number of carbonyl (C=O) groups is 1. The average Bonchev–Trinajstić information content (AvgIpc) is 2.36. The van der Waals surface area contributed by atoms with Crippen LogP contribution in [0.5, 0.6) is 0 Å². The average molecular weight is 244 g/mol. The van der Waals surface area contributed by atoms with E-state index < -0.39 is 0 Å². The Morgan fingerprint density at radius 2 is 2.22 bits per heavy atom. The van der Waals surface area contributed by atoms with Crippen LogP contribution in [0, 0.1) is 5.92 Å². The molecule has 96 valence electrons. The highest BCUT2D eigenvalue weighted by molar-refractivity contribution is 6.05. The predicted octanol–water partition coefficient (Wildman–Crippen LogP) is 3.00. The van der Waals surface area contributed by atoms with Gasteiger partial charge < -0.3 is 5.43 Å². The molecule has 3 heteroatoms. The van der Waals surface area contributed by atoms with Crippen molar-refractivity contribution in [3.8, 4) is 0 Å². The molecule has 0 heterocycles. The number of hydrazone groups is 1. The molecule has 18 heavy (non-hydrogen) atoms. The fourth-order valence-corrected chi connectivity index (χ4v) is 2.37. The van der Waals surface area contributed by atoms with Crippen molar-refractivity contribution >= 4 is 12.0 Å². The number of hydrogen-bond acceptors (Lipinski definition) is 3. The lowest BCUT2D eigenvalue weighted by Gasteiger charge is -2.25. The summed E-state index contributed by atoms with van der Waals surface area (Å²) in [6.07, 6.45) is 7.09. The zero-order chi connectivity index (χ0) is 12.8. The van der Waals surface area contributed by atoms with Crippen LogP contribution in [0.25, 0.3) is 0 Å². The Bertz CT molecular complexity index is 436. The summed E-state index contributed by atoms with van der Waals surface area (Å²) in [4.78, 5) is 11.1. The zero-order valence-electron chi connectivity index (χ0n) is 10.9. The molecular formula is C15H20N2O. The molecule has 0 amide bonds. The number of nitrogens with one attached hydrogen (secondary N) is 1. The van der Waals surface area contributed by atoms with Crippen LogP contribution in [0.15, 0.2) is 29.4 Å². The van der Waals surface area contributed by atoms with E-state index in [4.69, 9.17) is 0 Å². The standard InChI is InChI=1S/C15H20N2O/c1-16-17-15(10-9-12-5-4-6-12)14-8-3-2-7-13(14)11-18/h2-3,7-8,11-12,16H,4-6,9-10H2,1H3/b17-15-.